The van der Waals surface area contributed by atoms with Crippen molar-refractivity contribution >= 4 is 5.82 Å². The summed E-state index contributed by atoms with van der Waals surface area (Å²) >= 11 is 0. The Labute approximate surface area is 91.1 Å². The first kappa shape index (κ1) is 10.3. The maximum absolute atomic E-state index is 12.9. The van der Waals surface area contributed by atoms with E-state index < -0.39 is 0 Å². The zero-order chi connectivity index (χ0) is 11.4. The molecular formula is C10H9FN4O. The second kappa shape index (κ2) is 4.54. The van der Waals surface area contributed by atoms with Crippen molar-refractivity contribution in [2.24, 2.45) is 5.84 Å². The smallest absolute Gasteiger partial charge is 0.224 e. The SMILES string of the molecule is NNc1cc(Oc2cccc(F)c2)ncn1. The van der Waals surface area contributed by atoms with Gasteiger partial charge in [0.25, 0.3) is 0 Å². The molecule has 0 aliphatic heterocycles. The highest BCUT2D eigenvalue weighted by Crippen LogP contribution is 2.20. The van der Waals surface area contributed by atoms with Gasteiger partial charge in [0, 0.05) is 12.1 Å². The maximum atomic E-state index is 12.9. The highest BCUT2D eigenvalue weighted by atomic mass is 19.1. The third-order valence-corrected chi connectivity index (χ3v) is 1.81. The topological polar surface area (TPSA) is 73.1 Å². The predicted molar refractivity (Wildman–Crippen MR) is 56.3 cm³/mol. The molecule has 0 spiro atoms. The van der Waals surface area contributed by atoms with Gasteiger partial charge in [-0.25, -0.2) is 20.2 Å². The van der Waals surface area contributed by atoms with Gasteiger partial charge in [0.05, 0.1) is 0 Å². The van der Waals surface area contributed by atoms with Crippen molar-refractivity contribution in [3.05, 3.63) is 42.5 Å². The van der Waals surface area contributed by atoms with Crippen LogP contribution in [0.3, 0.4) is 0 Å². The second-order valence-corrected chi connectivity index (χ2v) is 2.95. The molecule has 6 heteroatoms. The van der Waals surface area contributed by atoms with E-state index in [0.29, 0.717) is 11.6 Å². The maximum Gasteiger partial charge on any atom is 0.224 e. The number of nitrogens with two attached hydrogens (primary N) is 1. The van der Waals surface area contributed by atoms with Crippen molar-refractivity contribution in [3.8, 4) is 11.6 Å². The monoisotopic (exact) mass is 220 g/mol. The van der Waals surface area contributed by atoms with Gasteiger partial charge in [-0.05, 0) is 12.1 Å². The molecule has 0 saturated heterocycles. The minimum absolute atomic E-state index is 0.286. The Morgan fingerprint density at radius 2 is 2.12 bits per heavy atom. The summed E-state index contributed by atoms with van der Waals surface area (Å²) in [6, 6.07) is 7.27. The quantitative estimate of drug-likeness (QED) is 0.608. The van der Waals surface area contributed by atoms with Crippen molar-refractivity contribution in [2.45, 2.75) is 0 Å². The molecule has 16 heavy (non-hydrogen) atoms. The fourth-order valence-corrected chi connectivity index (χ4v) is 1.13. The first-order chi connectivity index (χ1) is 7.78. The zero-order valence-electron chi connectivity index (χ0n) is 8.22. The van der Waals surface area contributed by atoms with Gasteiger partial charge in [0.15, 0.2) is 0 Å². The van der Waals surface area contributed by atoms with Crippen LogP contribution in [0.5, 0.6) is 11.6 Å². The Balaban J connectivity index is 2.20. The number of nitrogens with one attached hydrogen (secondary N) is 1. The molecule has 0 radical (unpaired) electrons. The molecule has 5 nitrogen and oxygen atoms in total. The van der Waals surface area contributed by atoms with Gasteiger partial charge in [-0.2, -0.15) is 0 Å². The number of halogens is 1. The number of rotatable bonds is 3. The molecule has 2 rings (SSSR count). The number of hydrazine groups is 1. The minimum atomic E-state index is -0.372. The van der Waals surface area contributed by atoms with Crippen LogP contribution < -0.4 is 16.0 Å². The summed E-state index contributed by atoms with van der Waals surface area (Å²) in [6.45, 7) is 0. The first-order valence-corrected chi connectivity index (χ1v) is 4.50. The lowest BCUT2D eigenvalue weighted by molar-refractivity contribution is 0.457. The number of hydrogen-bond acceptors (Lipinski definition) is 5. The van der Waals surface area contributed by atoms with Crippen LogP contribution in [0, 0.1) is 5.82 Å². The standard InChI is InChI=1S/C10H9FN4O/c11-7-2-1-3-8(4-7)16-10-5-9(15-12)13-6-14-10/h1-6H,12H2,(H,13,14,15). The molecule has 0 fully saturated rings. The molecule has 82 valence electrons. The Bertz CT molecular complexity index is 492. The molecule has 0 amide bonds. The largest absolute Gasteiger partial charge is 0.439 e. The number of anilines is 1. The van der Waals surface area contributed by atoms with Gasteiger partial charge >= 0.3 is 0 Å². The third-order valence-electron chi connectivity index (χ3n) is 1.81. The zero-order valence-corrected chi connectivity index (χ0v) is 8.22. The van der Waals surface area contributed by atoms with Crippen LogP contribution >= 0.6 is 0 Å². The number of hydrogen-bond donors (Lipinski definition) is 2. The van der Waals surface area contributed by atoms with Crippen LogP contribution in [0.25, 0.3) is 0 Å². The van der Waals surface area contributed by atoms with Gasteiger partial charge in [-0.1, -0.05) is 6.07 Å². The molecule has 3 N–H and O–H groups in total. The summed E-state index contributed by atoms with van der Waals surface area (Å²) in [5.74, 6) is 5.88. The van der Waals surface area contributed by atoms with Crippen LogP contribution in [0.1, 0.15) is 0 Å². The van der Waals surface area contributed by atoms with Gasteiger partial charge < -0.3 is 10.2 Å². The molecule has 0 bridgehead atoms. The lowest BCUT2D eigenvalue weighted by atomic mass is 10.3. The number of nitrogen functional groups attached to an aromatic ring is 1. The van der Waals surface area contributed by atoms with Crippen LogP contribution in [-0.4, -0.2) is 9.97 Å². The van der Waals surface area contributed by atoms with Gasteiger partial charge in [-0.3, -0.25) is 0 Å². The van der Waals surface area contributed by atoms with Crippen LogP contribution in [0.2, 0.25) is 0 Å². The molecule has 0 aliphatic carbocycles. The summed E-state index contributed by atoms with van der Waals surface area (Å²) in [7, 11) is 0. The van der Waals surface area contributed by atoms with Crippen LogP contribution in [0.4, 0.5) is 10.2 Å². The van der Waals surface area contributed by atoms with Crippen molar-refractivity contribution in [2.75, 3.05) is 5.43 Å². The summed E-state index contributed by atoms with van der Waals surface area (Å²) in [5.41, 5.74) is 2.36. The van der Waals surface area contributed by atoms with E-state index in [2.05, 4.69) is 15.4 Å². The Kier molecular flexibility index (Phi) is 2.93. The summed E-state index contributed by atoms with van der Waals surface area (Å²) < 4.78 is 18.2. The average molecular weight is 220 g/mol. The van der Waals surface area contributed by atoms with E-state index in [1.165, 1.54) is 24.5 Å². The molecule has 0 aliphatic rings. The van der Waals surface area contributed by atoms with E-state index in [9.17, 15) is 4.39 Å². The van der Waals surface area contributed by atoms with Crippen LogP contribution in [0.15, 0.2) is 36.7 Å². The predicted octanol–water partition coefficient (Wildman–Crippen LogP) is 1.69. The first-order valence-electron chi connectivity index (χ1n) is 4.50. The van der Waals surface area contributed by atoms with E-state index in [4.69, 9.17) is 10.6 Å². The second-order valence-electron chi connectivity index (χ2n) is 2.95. The van der Waals surface area contributed by atoms with Crippen molar-refractivity contribution in [3.63, 3.8) is 0 Å². The molecule has 1 aromatic heterocycles. The Morgan fingerprint density at radius 1 is 1.25 bits per heavy atom. The van der Waals surface area contributed by atoms with Gasteiger partial charge in [-0.15, -0.1) is 0 Å². The summed E-state index contributed by atoms with van der Waals surface area (Å²) in [6.07, 6.45) is 1.30. The van der Waals surface area contributed by atoms with E-state index in [1.807, 2.05) is 0 Å². The van der Waals surface area contributed by atoms with E-state index in [-0.39, 0.29) is 11.7 Å². The van der Waals surface area contributed by atoms with Gasteiger partial charge in [0.1, 0.15) is 23.7 Å². The number of aromatic nitrogens is 2. The van der Waals surface area contributed by atoms with E-state index in [0.717, 1.165) is 0 Å². The fraction of sp³-hybridized carbons (Fsp3) is 0. The lowest BCUT2D eigenvalue weighted by Gasteiger charge is -2.05. The minimum Gasteiger partial charge on any atom is -0.439 e. The molecule has 0 saturated carbocycles. The lowest BCUT2D eigenvalue weighted by Crippen LogP contribution is -2.08. The Hall–Kier alpha value is -2.21. The fourth-order valence-electron chi connectivity index (χ4n) is 1.13. The summed E-state index contributed by atoms with van der Waals surface area (Å²) in [4.78, 5) is 7.68. The summed E-state index contributed by atoms with van der Waals surface area (Å²) in [5, 5.41) is 0. The van der Waals surface area contributed by atoms with Crippen molar-refractivity contribution in [1.82, 2.24) is 9.97 Å². The molecule has 1 aromatic carbocycles. The average Bonchev–Trinajstić information content (AvgIpc) is 2.29. The molecule has 2 aromatic rings. The normalized spacial score (nSPS) is 9.88. The van der Waals surface area contributed by atoms with Gasteiger partial charge in [0.2, 0.25) is 5.88 Å². The molecule has 0 unspecified atom stereocenters. The third kappa shape index (κ3) is 2.43. The molecule has 0 atom stereocenters. The number of nitrogens with zero attached hydrogens (tertiary/aromatic N) is 2. The van der Waals surface area contributed by atoms with Crippen LogP contribution in [-0.2, 0) is 0 Å². The molecule has 1 heterocycles. The highest BCUT2D eigenvalue weighted by Gasteiger charge is 2.01. The number of ether oxygens (including phenoxy) is 1. The number of benzene rings is 1. The van der Waals surface area contributed by atoms with E-state index in [1.54, 1.807) is 12.1 Å². The highest BCUT2D eigenvalue weighted by molar-refractivity contribution is 5.37. The Morgan fingerprint density at radius 3 is 2.88 bits per heavy atom. The molecular weight excluding hydrogens is 211 g/mol. The van der Waals surface area contributed by atoms with E-state index >= 15 is 0 Å². The van der Waals surface area contributed by atoms with Crippen molar-refractivity contribution in [1.29, 1.82) is 0 Å². The van der Waals surface area contributed by atoms with Crippen molar-refractivity contribution < 1.29 is 9.13 Å².